The van der Waals surface area contributed by atoms with Gasteiger partial charge in [-0.1, -0.05) is 0 Å². The first-order chi connectivity index (χ1) is 8.65. The lowest BCUT2D eigenvalue weighted by Gasteiger charge is -2.07. The van der Waals surface area contributed by atoms with Crippen molar-refractivity contribution in [3.05, 3.63) is 40.8 Å². The molecule has 18 heavy (non-hydrogen) atoms. The highest BCUT2D eigenvalue weighted by Crippen LogP contribution is 2.25. The minimum atomic E-state index is -0.379. The van der Waals surface area contributed by atoms with Crippen LogP contribution in [0.2, 0.25) is 0 Å². The fourth-order valence-electron chi connectivity index (χ4n) is 1.25. The second-order valence-corrected chi connectivity index (χ2v) is 4.24. The van der Waals surface area contributed by atoms with Gasteiger partial charge in [0.25, 0.3) is 5.91 Å². The van der Waals surface area contributed by atoms with Gasteiger partial charge < -0.3 is 10.1 Å². The number of H-pyrrole nitrogens is 1. The number of rotatable bonds is 4. The summed E-state index contributed by atoms with van der Waals surface area (Å²) >= 11 is 3.14. The average molecular weight is 314 g/mol. The number of amides is 1. The van der Waals surface area contributed by atoms with Gasteiger partial charge in [0, 0.05) is 6.07 Å². The van der Waals surface area contributed by atoms with Crippen molar-refractivity contribution in [3.8, 4) is 5.75 Å². The van der Waals surface area contributed by atoms with E-state index in [4.69, 9.17) is 4.74 Å². The smallest absolute Gasteiger partial charge is 0.263 e. The summed E-state index contributed by atoms with van der Waals surface area (Å²) in [4.78, 5) is 11.5. The number of nitrogens with one attached hydrogen (secondary N) is 2. The highest BCUT2D eigenvalue weighted by Gasteiger charge is 2.07. The molecular weight excluding hydrogens is 305 g/mol. The van der Waals surface area contributed by atoms with Gasteiger partial charge in [-0.15, -0.1) is 0 Å². The van der Waals surface area contributed by atoms with Crippen LogP contribution in [0.5, 0.6) is 5.75 Å². The molecule has 2 aromatic rings. The van der Waals surface area contributed by atoms with Gasteiger partial charge in [-0.2, -0.15) is 5.10 Å². The minimum Gasteiger partial charge on any atom is -0.483 e. The van der Waals surface area contributed by atoms with Crippen LogP contribution in [-0.4, -0.2) is 22.7 Å². The van der Waals surface area contributed by atoms with E-state index in [1.54, 1.807) is 6.07 Å². The van der Waals surface area contributed by atoms with Crippen molar-refractivity contribution in [3.63, 3.8) is 0 Å². The number of aromatic amines is 1. The molecule has 0 fully saturated rings. The van der Waals surface area contributed by atoms with E-state index in [-0.39, 0.29) is 18.3 Å². The number of hydrogen-bond acceptors (Lipinski definition) is 3. The number of benzene rings is 1. The predicted molar refractivity (Wildman–Crippen MR) is 66.8 cm³/mol. The number of anilines is 1. The maximum absolute atomic E-state index is 12.8. The first-order valence-electron chi connectivity index (χ1n) is 5.02. The Morgan fingerprint density at radius 2 is 2.33 bits per heavy atom. The molecule has 94 valence electrons. The molecule has 0 radical (unpaired) electrons. The lowest BCUT2D eigenvalue weighted by atomic mass is 10.3. The zero-order valence-electron chi connectivity index (χ0n) is 9.11. The standard InChI is InChI=1S/C11H9BrFN3O2/c12-8-5-7(13)1-2-9(8)18-6-11(17)15-10-3-4-14-16-10/h1-5H,6H2,(H2,14,15,16,17). The quantitative estimate of drug-likeness (QED) is 0.910. The topological polar surface area (TPSA) is 67.0 Å². The van der Waals surface area contributed by atoms with Gasteiger partial charge in [-0.3, -0.25) is 9.89 Å². The molecule has 1 heterocycles. The van der Waals surface area contributed by atoms with Gasteiger partial charge in [-0.25, -0.2) is 4.39 Å². The number of halogens is 2. The summed E-state index contributed by atoms with van der Waals surface area (Å²) in [7, 11) is 0. The van der Waals surface area contributed by atoms with Crippen molar-refractivity contribution >= 4 is 27.7 Å². The van der Waals surface area contributed by atoms with E-state index in [1.807, 2.05) is 0 Å². The number of aromatic nitrogens is 2. The van der Waals surface area contributed by atoms with Gasteiger partial charge in [0.2, 0.25) is 0 Å². The van der Waals surface area contributed by atoms with Crippen LogP contribution in [0, 0.1) is 5.82 Å². The van der Waals surface area contributed by atoms with Gasteiger partial charge in [0.1, 0.15) is 17.4 Å². The van der Waals surface area contributed by atoms with Crippen molar-refractivity contribution in [2.24, 2.45) is 0 Å². The van der Waals surface area contributed by atoms with Crippen molar-refractivity contribution in [2.45, 2.75) is 0 Å². The van der Waals surface area contributed by atoms with Crippen molar-refractivity contribution in [2.75, 3.05) is 11.9 Å². The van der Waals surface area contributed by atoms with Crippen molar-refractivity contribution in [1.29, 1.82) is 0 Å². The third-order valence-corrected chi connectivity index (χ3v) is 2.65. The summed E-state index contributed by atoms with van der Waals surface area (Å²) in [6.45, 7) is -0.177. The summed E-state index contributed by atoms with van der Waals surface area (Å²) in [5.74, 6) is 0.171. The Hall–Kier alpha value is -1.89. The van der Waals surface area contributed by atoms with Gasteiger partial charge in [0.15, 0.2) is 6.61 Å². The van der Waals surface area contributed by atoms with Gasteiger partial charge in [-0.05, 0) is 34.1 Å². The van der Waals surface area contributed by atoms with Crippen LogP contribution in [0.1, 0.15) is 0 Å². The third-order valence-electron chi connectivity index (χ3n) is 2.03. The van der Waals surface area contributed by atoms with E-state index in [9.17, 15) is 9.18 Å². The van der Waals surface area contributed by atoms with E-state index in [0.717, 1.165) is 0 Å². The van der Waals surface area contributed by atoms with Crippen molar-refractivity contribution in [1.82, 2.24) is 10.2 Å². The number of ether oxygens (including phenoxy) is 1. The second-order valence-electron chi connectivity index (χ2n) is 3.38. The summed E-state index contributed by atoms with van der Waals surface area (Å²) < 4.78 is 18.5. The second kappa shape index (κ2) is 5.63. The molecule has 0 aliphatic rings. The molecule has 0 bridgehead atoms. The molecule has 7 heteroatoms. The average Bonchev–Trinajstić information content (AvgIpc) is 2.80. The molecule has 2 rings (SSSR count). The summed E-state index contributed by atoms with van der Waals surface area (Å²) in [6.07, 6.45) is 1.52. The first kappa shape index (κ1) is 12.6. The fraction of sp³-hybridized carbons (Fsp3) is 0.0909. The zero-order valence-corrected chi connectivity index (χ0v) is 10.7. The number of nitrogens with zero attached hydrogens (tertiary/aromatic N) is 1. The Labute approximate surface area is 110 Å². The molecule has 0 saturated heterocycles. The molecular formula is C11H9BrFN3O2. The lowest BCUT2D eigenvalue weighted by molar-refractivity contribution is -0.118. The molecule has 0 unspecified atom stereocenters. The van der Waals surface area contributed by atoms with Gasteiger partial charge >= 0.3 is 0 Å². The third kappa shape index (κ3) is 3.30. The SMILES string of the molecule is O=C(COc1ccc(F)cc1Br)Nc1ccn[nH]1. The Bertz CT molecular complexity index is 545. The van der Waals surface area contributed by atoms with E-state index in [1.165, 1.54) is 24.4 Å². The Morgan fingerprint density at radius 1 is 1.50 bits per heavy atom. The molecule has 1 aromatic heterocycles. The number of carbonyl (C=O) groups is 1. The molecule has 0 aliphatic heterocycles. The lowest BCUT2D eigenvalue weighted by Crippen LogP contribution is -2.20. The molecule has 0 aliphatic carbocycles. The molecule has 0 saturated carbocycles. The molecule has 1 aromatic carbocycles. The first-order valence-corrected chi connectivity index (χ1v) is 5.81. The van der Waals surface area contributed by atoms with E-state index < -0.39 is 0 Å². The molecule has 1 amide bonds. The van der Waals surface area contributed by atoms with Crippen LogP contribution < -0.4 is 10.1 Å². The normalized spacial score (nSPS) is 10.1. The van der Waals surface area contributed by atoms with E-state index >= 15 is 0 Å². The Morgan fingerprint density at radius 3 is 3.00 bits per heavy atom. The van der Waals surface area contributed by atoms with Crippen LogP contribution in [0.15, 0.2) is 34.9 Å². The summed E-state index contributed by atoms with van der Waals surface area (Å²) in [5, 5.41) is 8.83. The monoisotopic (exact) mass is 313 g/mol. The van der Waals surface area contributed by atoms with Crippen LogP contribution in [0.4, 0.5) is 10.2 Å². The Kier molecular flexibility index (Phi) is 3.93. The fourth-order valence-corrected chi connectivity index (χ4v) is 1.71. The molecule has 0 spiro atoms. The van der Waals surface area contributed by atoms with E-state index in [2.05, 4.69) is 31.4 Å². The zero-order chi connectivity index (χ0) is 13.0. The van der Waals surface area contributed by atoms with E-state index in [0.29, 0.717) is 16.0 Å². The van der Waals surface area contributed by atoms with Crippen LogP contribution in [0.25, 0.3) is 0 Å². The Balaban J connectivity index is 1.89. The molecule has 5 nitrogen and oxygen atoms in total. The summed E-state index contributed by atoms with van der Waals surface area (Å²) in [5.41, 5.74) is 0. The minimum absolute atomic E-state index is 0.177. The van der Waals surface area contributed by atoms with Crippen LogP contribution >= 0.6 is 15.9 Å². The molecule has 2 N–H and O–H groups in total. The number of hydrogen-bond donors (Lipinski definition) is 2. The maximum Gasteiger partial charge on any atom is 0.263 e. The molecule has 0 atom stereocenters. The highest BCUT2D eigenvalue weighted by molar-refractivity contribution is 9.10. The number of carbonyl (C=O) groups excluding carboxylic acids is 1. The van der Waals surface area contributed by atoms with Crippen LogP contribution in [0.3, 0.4) is 0 Å². The summed E-state index contributed by atoms with van der Waals surface area (Å²) in [6, 6.07) is 5.59. The highest BCUT2D eigenvalue weighted by atomic mass is 79.9. The predicted octanol–water partition coefficient (Wildman–Crippen LogP) is 2.33. The van der Waals surface area contributed by atoms with Gasteiger partial charge in [0.05, 0.1) is 10.7 Å². The van der Waals surface area contributed by atoms with Crippen LogP contribution in [-0.2, 0) is 4.79 Å². The largest absolute Gasteiger partial charge is 0.483 e. The van der Waals surface area contributed by atoms with Crippen molar-refractivity contribution < 1.29 is 13.9 Å². The maximum atomic E-state index is 12.8.